The van der Waals surface area contributed by atoms with Crippen LogP contribution in [-0.2, 0) is 0 Å². The molecular formula is C11H24. The minimum absolute atomic E-state index is 0.884. The number of hydrogen-bond donors (Lipinski definition) is 0. The molecule has 0 aromatic carbocycles. The number of hydrogen-bond acceptors (Lipinski definition) is 0. The fourth-order valence-corrected chi connectivity index (χ4v) is 0.408. The van der Waals surface area contributed by atoms with Crippen molar-refractivity contribution in [3.63, 3.8) is 0 Å². The lowest BCUT2D eigenvalue weighted by molar-refractivity contribution is 0.626. The van der Waals surface area contributed by atoms with Crippen molar-refractivity contribution in [1.29, 1.82) is 0 Å². The molecule has 0 saturated carbocycles. The quantitative estimate of drug-likeness (QED) is 0.519. The molecule has 0 aromatic rings. The molecular weight excluding hydrogens is 132 g/mol. The predicted molar refractivity (Wildman–Crippen MR) is 54.9 cm³/mol. The summed E-state index contributed by atoms with van der Waals surface area (Å²) in [6, 6.07) is 0. The Kier molecular flexibility index (Phi) is 11.8. The fraction of sp³-hybridized carbons (Fsp3) is 0.818. The maximum absolute atomic E-state index is 2.22. The third-order valence-electron chi connectivity index (χ3n) is 1.43. The lowest BCUT2D eigenvalue weighted by atomic mass is 10.2. The van der Waals surface area contributed by atoms with Crippen molar-refractivity contribution >= 4 is 0 Å². The second-order valence-electron chi connectivity index (χ2n) is 3.49. The first kappa shape index (κ1) is 13.3. The Hall–Kier alpha value is -0.260. The topological polar surface area (TPSA) is 0 Å². The molecule has 0 heterocycles. The van der Waals surface area contributed by atoms with E-state index >= 15 is 0 Å². The fourth-order valence-electron chi connectivity index (χ4n) is 0.408. The molecule has 0 aromatic heterocycles. The van der Waals surface area contributed by atoms with Crippen molar-refractivity contribution in [3.05, 3.63) is 11.6 Å². The molecule has 0 heteroatoms. The van der Waals surface area contributed by atoms with Crippen molar-refractivity contribution in [1.82, 2.24) is 0 Å². The molecule has 68 valence electrons. The van der Waals surface area contributed by atoms with Gasteiger partial charge >= 0.3 is 0 Å². The van der Waals surface area contributed by atoms with E-state index in [2.05, 4.69) is 47.6 Å². The second-order valence-corrected chi connectivity index (χ2v) is 3.49. The van der Waals surface area contributed by atoms with Crippen LogP contribution >= 0.6 is 0 Å². The standard InChI is InChI=1S/C6H12.C5H12/c1-4-5-6(2)3;1-4-5(2)3/h5H,4H2,1-3H3;5H,4H2,1-3H3. The molecule has 0 saturated heterocycles. The average molecular weight is 156 g/mol. The summed E-state index contributed by atoms with van der Waals surface area (Å²) in [7, 11) is 0. The van der Waals surface area contributed by atoms with E-state index < -0.39 is 0 Å². The van der Waals surface area contributed by atoms with Gasteiger partial charge in [0.1, 0.15) is 0 Å². The van der Waals surface area contributed by atoms with E-state index in [1.807, 2.05) is 0 Å². The summed E-state index contributed by atoms with van der Waals surface area (Å²) < 4.78 is 0. The molecule has 0 aliphatic rings. The third-order valence-corrected chi connectivity index (χ3v) is 1.43. The van der Waals surface area contributed by atoms with Gasteiger partial charge in [-0.1, -0.05) is 45.8 Å². The zero-order valence-corrected chi connectivity index (χ0v) is 9.07. The van der Waals surface area contributed by atoms with Crippen LogP contribution < -0.4 is 0 Å². The Labute approximate surface area is 72.7 Å². The summed E-state index contributed by atoms with van der Waals surface area (Å²) in [6.07, 6.45) is 4.68. The van der Waals surface area contributed by atoms with Gasteiger partial charge in [0.2, 0.25) is 0 Å². The van der Waals surface area contributed by atoms with Gasteiger partial charge in [-0.3, -0.25) is 0 Å². The van der Waals surface area contributed by atoms with Crippen molar-refractivity contribution < 1.29 is 0 Å². The highest BCUT2D eigenvalue weighted by molar-refractivity contribution is 4.91. The molecule has 0 bridgehead atoms. The van der Waals surface area contributed by atoms with E-state index in [-0.39, 0.29) is 0 Å². The van der Waals surface area contributed by atoms with E-state index in [9.17, 15) is 0 Å². The van der Waals surface area contributed by atoms with Crippen molar-refractivity contribution in [2.24, 2.45) is 5.92 Å². The summed E-state index contributed by atoms with van der Waals surface area (Å²) in [6.45, 7) is 13.0. The molecule has 0 N–H and O–H groups in total. The van der Waals surface area contributed by atoms with Crippen molar-refractivity contribution in [2.75, 3.05) is 0 Å². The first-order chi connectivity index (χ1) is 5.04. The van der Waals surface area contributed by atoms with Gasteiger partial charge in [-0.25, -0.2) is 0 Å². The van der Waals surface area contributed by atoms with Crippen LogP contribution in [0.4, 0.5) is 0 Å². The molecule has 0 fully saturated rings. The molecule has 0 nitrogen and oxygen atoms in total. The van der Waals surface area contributed by atoms with Crippen molar-refractivity contribution in [3.8, 4) is 0 Å². The van der Waals surface area contributed by atoms with Gasteiger partial charge in [0.25, 0.3) is 0 Å². The lowest BCUT2D eigenvalue weighted by Gasteiger charge is -1.90. The molecule has 0 atom stereocenters. The largest absolute Gasteiger partial charge is 0.0862 e. The Morgan fingerprint density at radius 3 is 1.55 bits per heavy atom. The Morgan fingerprint density at radius 1 is 1.18 bits per heavy atom. The van der Waals surface area contributed by atoms with E-state index in [0.717, 1.165) is 5.92 Å². The molecule has 0 unspecified atom stereocenters. The highest BCUT2D eigenvalue weighted by Crippen LogP contribution is 1.93. The van der Waals surface area contributed by atoms with E-state index in [1.165, 1.54) is 18.4 Å². The molecule has 11 heavy (non-hydrogen) atoms. The van der Waals surface area contributed by atoms with Crippen LogP contribution in [0.5, 0.6) is 0 Å². The monoisotopic (exact) mass is 156 g/mol. The first-order valence-corrected chi connectivity index (χ1v) is 4.67. The normalized spacial score (nSPS) is 8.64. The van der Waals surface area contributed by atoms with Gasteiger partial charge < -0.3 is 0 Å². The second kappa shape index (κ2) is 9.74. The number of rotatable bonds is 2. The van der Waals surface area contributed by atoms with Crippen LogP contribution in [0, 0.1) is 5.92 Å². The van der Waals surface area contributed by atoms with Crippen LogP contribution in [0.3, 0.4) is 0 Å². The summed E-state index contributed by atoms with van der Waals surface area (Å²) in [5, 5.41) is 0. The smallest absolute Gasteiger partial charge is 0.0377 e. The third kappa shape index (κ3) is 26.0. The average Bonchev–Trinajstić information content (AvgIpc) is 1.89. The number of allylic oxidation sites excluding steroid dienone is 2. The van der Waals surface area contributed by atoms with E-state index in [1.54, 1.807) is 0 Å². The van der Waals surface area contributed by atoms with Crippen LogP contribution in [0.15, 0.2) is 11.6 Å². The molecule has 0 aliphatic carbocycles. The van der Waals surface area contributed by atoms with Gasteiger partial charge in [-0.15, -0.1) is 0 Å². The summed E-state index contributed by atoms with van der Waals surface area (Å²) in [5.41, 5.74) is 1.41. The zero-order valence-electron chi connectivity index (χ0n) is 9.07. The van der Waals surface area contributed by atoms with Crippen LogP contribution in [0.25, 0.3) is 0 Å². The van der Waals surface area contributed by atoms with Gasteiger partial charge in [0.15, 0.2) is 0 Å². The predicted octanol–water partition coefficient (Wildman–Crippen LogP) is 4.42. The highest BCUT2D eigenvalue weighted by atomic mass is 13.9. The Morgan fingerprint density at radius 2 is 1.55 bits per heavy atom. The highest BCUT2D eigenvalue weighted by Gasteiger charge is 1.80. The van der Waals surface area contributed by atoms with Crippen LogP contribution in [-0.4, -0.2) is 0 Å². The molecule has 0 rings (SSSR count). The van der Waals surface area contributed by atoms with Crippen molar-refractivity contribution in [2.45, 2.75) is 54.4 Å². The minimum atomic E-state index is 0.884. The zero-order chi connectivity index (χ0) is 9.28. The molecule has 0 aliphatic heterocycles. The van der Waals surface area contributed by atoms with Crippen LogP contribution in [0.1, 0.15) is 54.4 Å². The van der Waals surface area contributed by atoms with Crippen LogP contribution in [0.2, 0.25) is 0 Å². The maximum atomic E-state index is 2.22. The van der Waals surface area contributed by atoms with E-state index in [0.29, 0.717) is 0 Å². The van der Waals surface area contributed by atoms with Gasteiger partial charge in [0, 0.05) is 0 Å². The molecule has 0 radical (unpaired) electrons. The summed E-state index contributed by atoms with van der Waals surface area (Å²) in [4.78, 5) is 0. The van der Waals surface area contributed by atoms with Gasteiger partial charge in [-0.2, -0.15) is 0 Å². The minimum Gasteiger partial charge on any atom is -0.0862 e. The summed E-state index contributed by atoms with van der Waals surface area (Å²) >= 11 is 0. The lowest BCUT2D eigenvalue weighted by Crippen LogP contribution is -1.77. The molecule has 0 amide bonds. The van der Waals surface area contributed by atoms with E-state index in [4.69, 9.17) is 0 Å². The maximum Gasteiger partial charge on any atom is -0.0377 e. The summed E-state index contributed by atoms with van der Waals surface area (Å²) in [5.74, 6) is 0.884. The van der Waals surface area contributed by atoms with Gasteiger partial charge in [-0.05, 0) is 26.2 Å². The molecule has 0 spiro atoms. The van der Waals surface area contributed by atoms with Gasteiger partial charge in [0.05, 0.1) is 0 Å². The Balaban J connectivity index is 0. The first-order valence-electron chi connectivity index (χ1n) is 4.67. The Bertz CT molecular complexity index is 84.2. The SMILES string of the molecule is CCC(C)C.CCC=C(C)C.